The normalized spacial score (nSPS) is 15.1. The molecule has 0 heterocycles. The van der Waals surface area contributed by atoms with E-state index in [1.807, 2.05) is 0 Å². The van der Waals surface area contributed by atoms with Gasteiger partial charge in [0, 0.05) is 0 Å². The fourth-order valence-electron chi connectivity index (χ4n) is 0.817. The third-order valence-electron chi connectivity index (χ3n) is 1.59. The summed E-state index contributed by atoms with van der Waals surface area (Å²) in [5, 5.41) is 0. The van der Waals surface area contributed by atoms with Crippen LogP contribution in [0.5, 0.6) is 5.75 Å². The van der Waals surface area contributed by atoms with Crippen molar-refractivity contribution in [2.45, 2.75) is 3.53 Å². The topological polar surface area (TPSA) is 9.23 Å². The van der Waals surface area contributed by atoms with Gasteiger partial charge in [-0.15, -0.1) is 0 Å². The molecule has 0 unspecified atom stereocenters. The van der Waals surface area contributed by atoms with Gasteiger partial charge in [-0.05, 0) is 0 Å². The van der Waals surface area contributed by atoms with Gasteiger partial charge in [0.05, 0.1) is 0 Å². The van der Waals surface area contributed by atoms with Crippen molar-refractivity contribution in [2.75, 3.05) is 0 Å². The van der Waals surface area contributed by atoms with E-state index in [2.05, 4.69) is 47.8 Å². The molecule has 104 valence electrons. The Hall–Kier alpha value is 2.63. The van der Waals surface area contributed by atoms with Crippen LogP contribution in [-0.4, -0.2) is 3.53 Å². The van der Waals surface area contributed by atoms with Gasteiger partial charge in [-0.25, -0.2) is 0 Å². The van der Waals surface area contributed by atoms with Crippen molar-refractivity contribution in [3.8, 4) is 5.75 Å². The van der Waals surface area contributed by atoms with Gasteiger partial charge in [-0.2, -0.15) is 0 Å². The summed E-state index contributed by atoms with van der Waals surface area (Å²) in [5.41, 5.74) is 0. The number of hydrogen-bond acceptors (Lipinski definition) is 1. The molecular formula is C7H2Br3Cl6OP. The molecule has 18 heavy (non-hydrogen) atoms. The van der Waals surface area contributed by atoms with Crippen LogP contribution in [0.4, 0.5) is 0 Å². The van der Waals surface area contributed by atoms with E-state index in [-0.39, 0.29) is 5.75 Å². The fraction of sp³-hybridized carbons (Fsp3) is 0.143. The second-order valence-electron chi connectivity index (χ2n) is 3.00. The molecule has 1 aromatic rings. The average molecular weight is 585 g/mol. The molecule has 0 saturated carbocycles. The summed E-state index contributed by atoms with van der Waals surface area (Å²) in [4.78, 5) is -4.57. The zero-order chi connectivity index (χ0) is 14.4. The number of halogens is 9. The Morgan fingerprint density at radius 1 is 0.944 bits per heavy atom. The van der Waals surface area contributed by atoms with Crippen LogP contribution in [0, 0.1) is 0 Å². The van der Waals surface area contributed by atoms with Gasteiger partial charge in [-0.3, -0.25) is 0 Å². The van der Waals surface area contributed by atoms with Gasteiger partial charge in [-0.1, -0.05) is 0 Å². The molecule has 0 spiro atoms. The van der Waals surface area contributed by atoms with Crippen LogP contribution in [0.1, 0.15) is 0 Å². The monoisotopic (exact) mass is 580 g/mol. The molecule has 0 amide bonds. The van der Waals surface area contributed by atoms with E-state index in [1.54, 1.807) is 12.1 Å². The molecule has 1 aromatic carbocycles. The predicted octanol–water partition coefficient (Wildman–Crippen LogP) is 8.61. The van der Waals surface area contributed by atoms with E-state index in [4.69, 9.17) is 73.0 Å². The van der Waals surface area contributed by atoms with Crippen molar-refractivity contribution in [1.29, 1.82) is 0 Å². The van der Waals surface area contributed by atoms with Crippen molar-refractivity contribution < 1.29 is 4.52 Å². The van der Waals surface area contributed by atoms with Gasteiger partial charge < -0.3 is 0 Å². The van der Waals surface area contributed by atoms with Crippen molar-refractivity contribution >= 4 is 121 Å². The van der Waals surface area contributed by atoms with E-state index in [1.165, 1.54) is 0 Å². The molecule has 0 aliphatic carbocycles. The Bertz CT molecular complexity index is 459. The Labute approximate surface area is 158 Å². The molecular weight excluding hydrogens is 583 g/mol. The van der Waals surface area contributed by atoms with Crippen molar-refractivity contribution in [3.05, 3.63) is 25.6 Å². The van der Waals surface area contributed by atoms with Crippen LogP contribution in [0.3, 0.4) is 0 Å². The standard InChI is InChI=1S/C7H2Br3Cl6OP/c8-3-1-4(9)6(5(10)2-3)17-18(14,15,16)7(11,12)13/h1-2H. The molecule has 0 aliphatic rings. The molecule has 1 nitrogen and oxygen atoms in total. The molecule has 11 heteroatoms. The number of benzene rings is 1. The minimum atomic E-state index is -4.57. The zero-order valence-corrected chi connectivity index (χ0v) is 18.1. The molecule has 0 aliphatic heterocycles. The zero-order valence-electron chi connectivity index (χ0n) is 7.91. The third-order valence-corrected chi connectivity index (χ3v) is 12.6. The summed E-state index contributed by atoms with van der Waals surface area (Å²) in [5.74, 6) is 0.238. The maximum atomic E-state index is 5.98. The first-order chi connectivity index (χ1) is 7.82. The van der Waals surface area contributed by atoms with Crippen molar-refractivity contribution in [1.82, 2.24) is 0 Å². The molecule has 0 atom stereocenters. The molecule has 0 N–H and O–H groups in total. The van der Waals surface area contributed by atoms with Crippen LogP contribution >= 0.6 is 121 Å². The summed E-state index contributed by atoms with van der Waals surface area (Å²) in [6.45, 7) is 0. The maximum absolute atomic E-state index is 5.98. The van der Waals surface area contributed by atoms with Gasteiger partial charge >= 0.3 is 161 Å². The summed E-state index contributed by atoms with van der Waals surface area (Å²) in [6, 6.07) is 3.41. The number of hydrogen-bond donors (Lipinski definition) is 0. The molecule has 1 rings (SSSR count). The average Bonchev–Trinajstić information content (AvgIpc) is 2.08. The quantitative estimate of drug-likeness (QED) is 0.250. The van der Waals surface area contributed by atoms with Crippen LogP contribution in [0.15, 0.2) is 25.6 Å². The van der Waals surface area contributed by atoms with Crippen molar-refractivity contribution in [2.24, 2.45) is 0 Å². The van der Waals surface area contributed by atoms with Gasteiger partial charge in [0.2, 0.25) is 0 Å². The first-order valence-corrected chi connectivity index (χ1v) is 12.3. The molecule has 0 radical (unpaired) electrons. The summed E-state index contributed by atoms with van der Waals surface area (Å²) >= 11 is 44.8. The SMILES string of the molecule is ClC(Cl)(Cl)P(Cl)(Cl)(Cl)Oc1c(Br)cc(Br)cc1Br. The Morgan fingerprint density at radius 3 is 1.67 bits per heavy atom. The predicted molar refractivity (Wildman–Crippen MR) is 94.9 cm³/mol. The summed E-state index contributed by atoms with van der Waals surface area (Å²) < 4.78 is 5.09. The minimum absolute atomic E-state index is 0.238. The van der Waals surface area contributed by atoms with Crippen LogP contribution in [0.25, 0.3) is 0 Å². The number of rotatable bonds is 2. The van der Waals surface area contributed by atoms with Gasteiger partial charge in [0.25, 0.3) is 0 Å². The molecule has 0 fully saturated rings. The van der Waals surface area contributed by atoms with E-state index in [0.717, 1.165) is 4.47 Å². The molecule has 0 bridgehead atoms. The van der Waals surface area contributed by atoms with Crippen LogP contribution < -0.4 is 4.52 Å². The first kappa shape index (κ1) is 18.7. The Balaban J connectivity index is 3.29. The summed E-state index contributed by atoms with van der Waals surface area (Å²) in [7, 11) is 0. The van der Waals surface area contributed by atoms with E-state index in [0.29, 0.717) is 8.95 Å². The molecule has 0 saturated heterocycles. The van der Waals surface area contributed by atoms with E-state index < -0.39 is 8.42 Å². The van der Waals surface area contributed by atoms with Crippen LogP contribution in [0.2, 0.25) is 0 Å². The Kier molecular flexibility index (Phi) is 6.25. The summed E-state index contributed by atoms with van der Waals surface area (Å²) in [6.07, 6.45) is 0. The third kappa shape index (κ3) is 4.32. The first-order valence-electron chi connectivity index (χ1n) is 3.91. The fourth-order valence-corrected chi connectivity index (χ4v) is 5.02. The molecule has 0 aromatic heterocycles. The van der Waals surface area contributed by atoms with Crippen molar-refractivity contribution in [3.63, 3.8) is 0 Å². The van der Waals surface area contributed by atoms with Crippen LogP contribution in [-0.2, 0) is 0 Å². The second kappa shape index (κ2) is 6.02. The number of alkyl halides is 3. The van der Waals surface area contributed by atoms with Gasteiger partial charge in [0.15, 0.2) is 0 Å². The van der Waals surface area contributed by atoms with Gasteiger partial charge in [0.1, 0.15) is 0 Å². The van der Waals surface area contributed by atoms with E-state index in [9.17, 15) is 0 Å². The second-order valence-corrected chi connectivity index (χ2v) is 18.4. The van der Waals surface area contributed by atoms with E-state index >= 15 is 0 Å². The Morgan fingerprint density at radius 2 is 1.33 bits per heavy atom.